The molecule has 0 aliphatic carbocycles. The molecule has 5 heterocycles. The first-order valence-electron chi connectivity index (χ1n) is 20.7. The van der Waals surface area contributed by atoms with Crippen LogP contribution in [0.1, 0.15) is 67.3 Å². The van der Waals surface area contributed by atoms with Crippen molar-refractivity contribution in [2.24, 2.45) is 23.7 Å². The van der Waals surface area contributed by atoms with Crippen LogP contribution in [-0.2, 0) is 35.4 Å². The number of benzene rings is 2. The Morgan fingerprint density at radius 1 is 1.03 bits per heavy atom. The lowest BCUT2D eigenvalue weighted by atomic mass is 9.88. The highest BCUT2D eigenvalue weighted by molar-refractivity contribution is 7.82. The Balaban J connectivity index is 0.890. The summed E-state index contributed by atoms with van der Waals surface area (Å²) in [5.41, 5.74) is 6.33. The number of aromatic nitrogens is 4. The van der Waals surface area contributed by atoms with Crippen LogP contribution in [0.15, 0.2) is 64.7 Å². The number of aryl methyl sites for hydroxylation is 1. The van der Waals surface area contributed by atoms with Crippen molar-refractivity contribution < 1.29 is 40.1 Å². The lowest BCUT2D eigenvalue weighted by Crippen LogP contribution is -2.49. The summed E-state index contributed by atoms with van der Waals surface area (Å²) in [7, 11) is 0.414. The third-order valence-corrected chi connectivity index (χ3v) is 13.0. The first kappa shape index (κ1) is 45.6. The molecule has 63 heavy (non-hydrogen) atoms. The number of piperidine rings is 2. The van der Waals surface area contributed by atoms with Crippen LogP contribution in [0.2, 0.25) is 0 Å². The van der Waals surface area contributed by atoms with Gasteiger partial charge in [0.2, 0.25) is 11.9 Å². The molecule has 3 amide bonds. The highest BCUT2D eigenvalue weighted by atomic mass is 32.2. The highest BCUT2D eigenvalue weighted by Gasteiger charge is 2.37. The van der Waals surface area contributed by atoms with Crippen molar-refractivity contribution in [2.75, 3.05) is 56.0 Å². The van der Waals surface area contributed by atoms with Crippen LogP contribution in [-0.4, -0.2) is 109 Å². The molecule has 7 rings (SSSR count). The second-order valence-electron chi connectivity index (χ2n) is 16.3. The van der Waals surface area contributed by atoms with E-state index < -0.39 is 52.7 Å². The number of alkyl halides is 6. The van der Waals surface area contributed by atoms with E-state index in [4.69, 9.17) is 5.73 Å². The number of hydrogen-bond acceptors (Lipinski definition) is 10. The van der Waals surface area contributed by atoms with Gasteiger partial charge in [0, 0.05) is 75.3 Å². The van der Waals surface area contributed by atoms with Crippen LogP contribution in [0, 0.1) is 5.92 Å². The number of allylic oxidation sites excluding steroid dienone is 1. The van der Waals surface area contributed by atoms with Gasteiger partial charge in [0.15, 0.2) is 5.82 Å². The fraction of sp³-hybridized carbons (Fsp3) is 0.476. The molecule has 0 saturated carbocycles. The van der Waals surface area contributed by atoms with Crippen LogP contribution < -0.4 is 21.3 Å². The van der Waals surface area contributed by atoms with Crippen LogP contribution in [0.5, 0.6) is 0 Å². The van der Waals surface area contributed by atoms with E-state index in [-0.39, 0.29) is 24.3 Å². The Kier molecular flexibility index (Phi) is 13.9. The van der Waals surface area contributed by atoms with Gasteiger partial charge in [-0.1, -0.05) is 25.1 Å². The Morgan fingerprint density at radius 2 is 1.78 bits per heavy atom. The monoisotopic (exact) mass is 901 g/mol. The van der Waals surface area contributed by atoms with Gasteiger partial charge >= 0.3 is 18.4 Å². The van der Waals surface area contributed by atoms with Gasteiger partial charge < -0.3 is 16.0 Å². The number of hydrogen-bond donors (Lipinski definition) is 3. The smallest absolute Gasteiger partial charge is 0.404 e. The molecule has 338 valence electrons. The molecule has 3 aliphatic rings. The maximum absolute atomic E-state index is 13.8. The standard InChI is InChI=1S/C42H49F6N11O3S/c1-26(24-57-13-8-28(9-14-57)29-6-7-33-35(20-29)56(2)55-38(33)59-17-12-36(60)53-40(59)61)18-27-4-3-5-32(19-27)63(62)58-15-10-31(11-16-58)52-39-51-23-34(42(46,47)48)37(54-39)30(21-49)22-50-25-41(43,44)45/h3-7,19-23,26,28,31H,8-18,24-25,49H2,1-2H3,(H,51,52,54)(H,53,60,61)/b30-21+,50-22?. The Bertz CT molecular complexity index is 2390. The maximum atomic E-state index is 13.8. The van der Waals surface area contributed by atoms with Crippen molar-refractivity contribution in [1.82, 2.24) is 34.3 Å². The number of fused-ring (bicyclic) bond motifs is 1. The van der Waals surface area contributed by atoms with Gasteiger partial charge in [-0.05, 0) is 92.4 Å². The third-order valence-electron chi connectivity index (χ3n) is 11.5. The number of imide groups is 1. The molecule has 0 bridgehead atoms. The Morgan fingerprint density at radius 3 is 2.46 bits per heavy atom. The van der Waals surface area contributed by atoms with E-state index >= 15 is 0 Å². The first-order chi connectivity index (χ1) is 29.9. The van der Waals surface area contributed by atoms with Crippen LogP contribution in [0.3, 0.4) is 0 Å². The number of amides is 3. The minimum atomic E-state index is -4.91. The van der Waals surface area contributed by atoms with Gasteiger partial charge in [-0.2, -0.15) is 31.4 Å². The zero-order valence-corrected chi connectivity index (χ0v) is 35.6. The van der Waals surface area contributed by atoms with Crippen molar-refractivity contribution in [1.29, 1.82) is 0 Å². The number of nitrogens with two attached hydrogens (primary N) is 1. The second-order valence-corrected chi connectivity index (χ2v) is 17.8. The van der Waals surface area contributed by atoms with Gasteiger partial charge in [-0.25, -0.2) is 23.3 Å². The van der Waals surface area contributed by atoms with E-state index in [9.17, 15) is 40.1 Å². The summed E-state index contributed by atoms with van der Waals surface area (Å²) in [6.45, 7) is 4.59. The fourth-order valence-electron chi connectivity index (χ4n) is 8.42. The summed E-state index contributed by atoms with van der Waals surface area (Å²) >= 11 is 0. The number of likely N-dealkylation sites (tertiary alicyclic amines) is 1. The summed E-state index contributed by atoms with van der Waals surface area (Å²) < 4.78 is 96.6. The molecule has 4 N–H and O–H groups in total. The summed E-state index contributed by atoms with van der Waals surface area (Å²) in [5, 5.41) is 10.9. The fourth-order valence-corrected chi connectivity index (χ4v) is 9.71. The van der Waals surface area contributed by atoms with Crippen molar-refractivity contribution in [3.8, 4) is 0 Å². The number of halogens is 6. The van der Waals surface area contributed by atoms with E-state index in [1.807, 2.05) is 41.7 Å². The van der Waals surface area contributed by atoms with Crippen LogP contribution in [0.25, 0.3) is 16.5 Å². The lowest BCUT2D eigenvalue weighted by molar-refractivity contribution is -0.138. The predicted molar refractivity (Wildman–Crippen MR) is 227 cm³/mol. The van der Waals surface area contributed by atoms with Crippen molar-refractivity contribution in [3.05, 3.63) is 77.2 Å². The summed E-state index contributed by atoms with van der Waals surface area (Å²) in [6, 6.07) is 13.4. The van der Waals surface area contributed by atoms with Crippen molar-refractivity contribution in [3.63, 3.8) is 0 Å². The molecule has 3 saturated heterocycles. The topological polar surface area (TPSA) is 167 Å². The molecule has 2 atom stereocenters. The van der Waals surface area contributed by atoms with E-state index in [1.54, 1.807) is 4.68 Å². The predicted octanol–water partition coefficient (Wildman–Crippen LogP) is 6.42. The zero-order chi connectivity index (χ0) is 45.1. The quantitative estimate of drug-likeness (QED) is 0.101. The van der Waals surface area contributed by atoms with Crippen LogP contribution in [0.4, 0.5) is 42.9 Å². The van der Waals surface area contributed by atoms with Gasteiger partial charge in [-0.3, -0.25) is 24.7 Å². The van der Waals surface area contributed by atoms with E-state index in [1.165, 1.54) is 10.5 Å². The zero-order valence-electron chi connectivity index (χ0n) is 34.8. The Hall–Kier alpha value is -5.41. The molecule has 14 nitrogen and oxygen atoms in total. The van der Waals surface area contributed by atoms with Gasteiger partial charge in [0.25, 0.3) is 0 Å². The molecule has 0 radical (unpaired) electrons. The van der Waals surface area contributed by atoms with E-state index in [0.29, 0.717) is 73.6 Å². The molecule has 2 aromatic carbocycles. The minimum Gasteiger partial charge on any atom is -0.404 e. The maximum Gasteiger partial charge on any atom is 0.419 e. The molecular weight excluding hydrogens is 853 g/mol. The average Bonchev–Trinajstić information content (AvgIpc) is 3.56. The molecule has 2 unspecified atom stereocenters. The van der Waals surface area contributed by atoms with Gasteiger partial charge in [0.1, 0.15) is 23.1 Å². The lowest BCUT2D eigenvalue weighted by Gasteiger charge is -2.34. The molecule has 0 spiro atoms. The number of rotatable bonds is 13. The number of nitrogens with zero attached hydrogens (tertiary/aromatic N) is 8. The normalized spacial score (nSPS) is 19.2. The second kappa shape index (κ2) is 19.1. The molecule has 3 fully saturated rings. The van der Waals surface area contributed by atoms with Crippen molar-refractivity contribution in [2.45, 2.75) is 74.7 Å². The highest BCUT2D eigenvalue weighted by Crippen LogP contribution is 2.36. The molecule has 3 aliphatic heterocycles. The minimum absolute atomic E-state index is 0.155. The average molecular weight is 902 g/mol. The molecule has 2 aromatic heterocycles. The number of nitrogens with one attached hydrogen (secondary N) is 2. The summed E-state index contributed by atoms with van der Waals surface area (Å²) in [4.78, 5) is 39.8. The van der Waals surface area contributed by atoms with Gasteiger partial charge in [0.05, 0.1) is 16.1 Å². The van der Waals surface area contributed by atoms with Crippen LogP contribution >= 0.6 is 0 Å². The summed E-state index contributed by atoms with van der Waals surface area (Å²) in [6.07, 6.45) is -3.66. The first-order valence-corrected chi connectivity index (χ1v) is 21.8. The third kappa shape index (κ3) is 11.2. The largest absolute Gasteiger partial charge is 0.419 e. The number of carbonyl (C=O) groups excluding carboxylic acids is 2. The number of aliphatic imine (C=N–C) groups is 1. The molecule has 4 aromatic rings. The SMILES string of the molecule is CC(Cc1cccc(S(=O)N2CCC(Nc3ncc(C(F)(F)F)c(/C(C=NCC(F)(F)F)=C/N)n3)CC2)c1)CN1CCC(c2ccc3c(N4CCC(=O)NC4=O)nn(C)c3c2)CC1. The number of carbonyl (C=O) groups is 2. The Labute approximate surface area is 362 Å². The van der Waals surface area contributed by atoms with Crippen molar-refractivity contribution >= 4 is 57.4 Å². The molecular formula is C42H49F6N11O3S. The summed E-state index contributed by atoms with van der Waals surface area (Å²) in [5.74, 6) is 0.842. The van der Waals surface area contributed by atoms with Gasteiger partial charge in [-0.15, -0.1) is 0 Å². The number of urea groups is 1. The number of anilines is 2. The van der Waals surface area contributed by atoms with E-state index in [0.717, 1.165) is 55.4 Å². The van der Waals surface area contributed by atoms with E-state index in [2.05, 4.69) is 54.6 Å². The molecule has 21 heteroatoms.